The summed E-state index contributed by atoms with van der Waals surface area (Å²) in [5.74, 6) is 2.17. The Bertz CT molecular complexity index is 751. The van der Waals surface area contributed by atoms with Gasteiger partial charge in [-0.15, -0.1) is 0 Å². The van der Waals surface area contributed by atoms with E-state index >= 15 is 0 Å². The van der Waals surface area contributed by atoms with Crippen molar-refractivity contribution in [2.75, 3.05) is 26.7 Å². The first kappa shape index (κ1) is 20.5. The van der Waals surface area contributed by atoms with E-state index in [9.17, 15) is 0 Å². The Morgan fingerprint density at radius 3 is 2.74 bits per heavy atom. The van der Waals surface area contributed by atoms with Gasteiger partial charge in [-0.2, -0.15) is 0 Å². The molecule has 0 atom stereocenters. The molecule has 27 heavy (non-hydrogen) atoms. The zero-order valence-electron chi connectivity index (χ0n) is 15.6. The molecule has 0 aromatic heterocycles. The molecule has 1 heterocycles. The Balaban J connectivity index is 1.61. The van der Waals surface area contributed by atoms with Crippen molar-refractivity contribution in [2.24, 2.45) is 5.92 Å². The molecule has 0 amide bonds. The summed E-state index contributed by atoms with van der Waals surface area (Å²) in [6.45, 7) is 4.50. The molecule has 4 nitrogen and oxygen atoms in total. The van der Waals surface area contributed by atoms with Crippen molar-refractivity contribution >= 4 is 27.5 Å². The van der Waals surface area contributed by atoms with Crippen LogP contribution in [0.1, 0.15) is 24.0 Å². The van der Waals surface area contributed by atoms with E-state index in [4.69, 9.17) is 21.1 Å². The van der Waals surface area contributed by atoms with Gasteiger partial charge in [-0.3, -0.25) is 0 Å². The largest absolute Gasteiger partial charge is 0.493 e. The lowest BCUT2D eigenvalue weighted by Crippen LogP contribution is -2.33. The third-order valence-electron chi connectivity index (χ3n) is 4.84. The lowest BCUT2D eigenvalue weighted by Gasteiger charge is -2.23. The number of halogens is 2. The van der Waals surface area contributed by atoms with Gasteiger partial charge in [0.25, 0.3) is 0 Å². The number of rotatable bonds is 8. The van der Waals surface area contributed by atoms with Crippen LogP contribution in [0.3, 0.4) is 0 Å². The van der Waals surface area contributed by atoms with Gasteiger partial charge in [0.15, 0.2) is 11.5 Å². The molecule has 2 aromatic carbocycles. The molecule has 1 aliphatic rings. The van der Waals surface area contributed by atoms with Crippen LogP contribution < -0.4 is 20.1 Å². The molecule has 1 fully saturated rings. The molecule has 0 aliphatic carbocycles. The van der Waals surface area contributed by atoms with Gasteiger partial charge in [-0.1, -0.05) is 29.8 Å². The first-order chi connectivity index (χ1) is 13.2. The van der Waals surface area contributed by atoms with Crippen molar-refractivity contribution in [3.63, 3.8) is 0 Å². The van der Waals surface area contributed by atoms with Crippen molar-refractivity contribution in [1.82, 2.24) is 10.6 Å². The zero-order valence-corrected chi connectivity index (χ0v) is 17.9. The Kier molecular flexibility index (Phi) is 7.82. The second-order valence-electron chi connectivity index (χ2n) is 6.81. The van der Waals surface area contributed by atoms with Gasteiger partial charge in [-0.25, -0.2) is 0 Å². The van der Waals surface area contributed by atoms with Crippen molar-refractivity contribution in [3.05, 3.63) is 57.0 Å². The number of methoxy groups -OCH3 is 1. The van der Waals surface area contributed by atoms with E-state index in [2.05, 4.69) is 32.6 Å². The summed E-state index contributed by atoms with van der Waals surface area (Å²) in [7, 11) is 1.66. The third-order valence-corrected chi connectivity index (χ3v) is 5.80. The van der Waals surface area contributed by atoms with Crippen LogP contribution in [0.25, 0.3) is 0 Å². The normalized spacial score (nSPS) is 14.9. The van der Waals surface area contributed by atoms with Crippen LogP contribution in [-0.4, -0.2) is 26.7 Å². The SMILES string of the molecule is COc1cc(CNCC2CCNCC2)cc(Br)c1OCc1ccccc1Cl. The van der Waals surface area contributed by atoms with E-state index < -0.39 is 0 Å². The number of piperidine rings is 1. The predicted molar refractivity (Wildman–Crippen MR) is 114 cm³/mol. The molecule has 2 aromatic rings. The molecule has 6 heteroatoms. The van der Waals surface area contributed by atoms with Crippen molar-refractivity contribution in [2.45, 2.75) is 26.0 Å². The topological polar surface area (TPSA) is 42.5 Å². The van der Waals surface area contributed by atoms with E-state index in [1.165, 1.54) is 12.8 Å². The Morgan fingerprint density at radius 1 is 1.22 bits per heavy atom. The molecule has 1 saturated heterocycles. The molecule has 1 aliphatic heterocycles. The van der Waals surface area contributed by atoms with Gasteiger partial charge < -0.3 is 20.1 Å². The van der Waals surface area contributed by atoms with Crippen LogP contribution in [-0.2, 0) is 13.2 Å². The van der Waals surface area contributed by atoms with Gasteiger partial charge in [0.1, 0.15) is 6.61 Å². The van der Waals surface area contributed by atoms with Crippen LogP contribution in [0.15, 0.2) is 40.9 Å². The quantitative estimate of drug-likeness (QED) is 0.604. The summed E-state index contributed by atoms with van der Waals surface area (Å²) in [5.41, 5.74) is 2.11. The van der Waals surface area contributed by atoms with Crippen molar-refractivity contribution in [1.29, 1.82) is 0 Å². The van der Waals surface area contributed by atoms with Crippen LogP contribution in [0.5, 0.6) is 11.5 Å². The minimum Gasteiger partial charge on any atom is -0.493 e. The standard InChI is InChI=1S/C21H26BrClN2O2/c1-26-20-11-16(13-25-12-15-6-8-24-9-7-15)10-18(22)21(20)27-14-17-4-2-3-5-19(17)23/h2-5,10-11,15,24-25H,6-9,12-14H2,1H3. The lowest BCUT2D eigenvalue weighted by atomic mass is 9.98. The van der Waals surface area contributed by atoms with E-state index in [-0.39, 0.29) is 0 Å². The van der Waals surface area contributed by atoms with E-state index in [0.717, 1.165) is 53.4 Å². The van der Waals surface area contributed by atoms with Gasteiger partial charge in [0.05, 0.1) is 11.6 Å². The van der Waals surface area contributed by atoms with Gasteiger partial charge in [-0.05, 0) is 78.1 Å². The lowest BCUT2D eigenvalue weighted by molar-refractivity contribution is 0.282. The average molecular weight is 454 g/mol. The fraction of sp³-hybridized carbons (Fsp3) is 0.429. The molecule has 0 spiro atoms. The minimum atomic E-state index is 0.391. The second kappa shape index (κ2) is 10.3. The highest BCUT2D eigenvalue weighted by Crippen LogP contribution is 2.37. The van der Waals surface area contributed by atoms with Crippen LogP contribution in [0, 0.1) is 5.92 Å². The molecule has 0 unspecified atom stereocenters. The summed E-state index contributed by atoms with van der Waals surface area (Å²) >= 11 is 9.84. The Morgan fingerprint density at radius 2 is 2.00 bits per heavy atom. The number of hydrogen-bond acceptors (Lipinski definition) is 4. The minimum absolute atomic E-state index is 0.391. The highest BCUT2D eigenvalue weighted by molar-refractivity contribution is 9.10. The first-order valence-corrected chi connectivity index (χ1v) is 10.5. The fourth-order valence-electron chi connectivity index (χ4n) is 3.29. The van der Waals surface area contributed by atoms with E-state index in [0.29, 0.717) is 17.4 Å². The number of nitrogens with one attached hydrogen (secondary N) is 2. The molecule has 0 radical (unpaired) electrons. The molecule has 0 bridgehead atoms. The molecular formula is C21H26BrClN2O2. The summed E-state index contributed by atoms with van der Waals surface area (Å²) in [4.78, 5) is 0. The highest BCUT2D eigenvalue weighted by atomic mass is 79.9. The van der Waals surface area contributed by atoms with Gasteiger partial charge in [0.2, 0.25) is 0 Å². The third kappa shape index (κ3) is 5.85. The fourth-order valence-corrected chi connectivity index (χ4v) is 4.08. The zero-order chi connectivity index (χ0) is 19.1. The molecule has 146 valence electrons. The summed E-state index contributed by atoms with van der Waals surface area (Å²) in [6.07, 6.45) is 2.49. The summed E-state index contributed by atoms with van der Waals surface area (Å²) < 4.78 is 12.4. The average Bonchev–Trinajstić information content (AvgIpc) is 2.69. The maximum absolute atomic E-state index is 6.22. The van der Waals surface area contributed by atoms with E-state index in [1.807, 2.05) is 30.3 Å². The molecule has 0 saturated carbocycles. The van der Waals surface area contributed by atoms with Crippen molar-refractivity contribution < 1.29 is 9.47 Å². The highest BCUT2D eigenvalue weighted by Gasteiger charge is 2.15. The van der Waals surface area contributed by atoms with Gasteiger partial charge >= 0.3 is 0 Å². The molecule has 2 N–H and O–H groups in total. The number of hydrogen-bond donors (Lipinski definition) is 2. The van der Waals surface area contributed by atoms with E-state index in [1.54, 1.807) is 7.11 Å². The predicted octanol–water partition coefficient (Wildman–Crippen LogP) is 4.78. The van der Waals surface area contributed by atoms with Crippen LogP contribution in [0.2, 0.25) is 5.02 Å². The second-order valence-corrected chi connectivity index (χ2v) is 8.07. The monoisotopic (exact) mass is 452 g/mol. The summed E-state index contributed by atoms with van der Waals surface area (Å²) in [6, 6.07) is 11.8. The number of ether oxygens (including phenoxy) is 2. The number of benzene rings is 2. The van der Waals surface area contributed by atoms with Crippen molar-refractivity contribution in [3.8, 4) is 11.5 Å². The molecule has 3 rings (SSSR count). The van der Waals surface area contributed by atoms with Crippen LogP contribution in [0.4, 0.5) is 0 Å². The van der Waals surface area contributed by atoms with Crippen LogP contribution >= 0.6 is 27.5 Å². The summed E-state index contributed by atoms with van der Waals surface area (Å²) in [5, 5.41) is 7.68. The maximum atomic E-state index is 6.22. The van der Waals surface area contributed by atoms with Gasteiger partial charge in [0, 0.05) is 17.1 Å². The Labute approximate surface area is 174 Å². The molecular weight excluding hydrogens is 428 g/mol. The Hall–Kier alpha value is -1.27. The smallest absolute Gasteiger partial charge is 0.175 e. The first-order valence-electron chi connectivity index (χ1n) is 9.31. The maximum Gasteiger partial charge on any atom is 0.175 e.